The van der Waals surface area contributed by atoms with Crippen molar-refractivity contribution in [3.05, 3.63) is 0 Å². The van der Waals surface area contributed by atoms with Crippen LogP contribution in [0.25, 0.3) is 0 Å². The lowest BCUT2D eigenvalue weighted by molar-refractivity contribution is -0.133. The molecule has 0 spiro atoms. The molecule has 1 amide bonds. The molecule has 7 nitrogen and oxygen atoms in total. The summed E-state index contributed by atoms with van der Waals surface area (Å²) < 4.78 is 0. The first kappa shape index (κ1) is 21.0. The van der Waals surface area contributed by atoms with Gasteiger partial charge in [-0.15, -0.1) is 0 Å². The van der Waals surface area contributed by atoms with Gasteiger partial charge in [-0.3, -0.25) is 9.79 Å². The molecule has 0 bridgehead atoms. The zero-order valence-electron chi connectivity index (χ0n) is 17.1. The number of carbonyl (C=O) groups excluding carboxylic acids is 1. The lowest BCUT2D eigenvalue weighted by atomic mass is 10.2. The Labute approximate surface area is 159 Å². The Morgan fingerprint density at radius 1 is 1.19 bits per heavy atom. The van der Waals surface area contributed by atoms with E-state index in [4.69, 9.17) is 0 Å². The van der Waals surface area contributed by atoms with Gasteiger partial charge >= 0.3 is 0 Å². The maximum atomic E-state index is 12.1. The number of aliphatic imine (C=N–C) groups is 1. The molecule has 0 aliphatic carbocycles. The number of likely N-dealkylation sites (tertiary alicyclic amines) is 1. The molecule has 0 aromatic rings. The minimum absolute atomic E-state index is 0.0740. The van der Waals surface area contributed by atoms with Crippen molar-refractivity contribution in [1.29, 1.82) is 0 Å². The Hall–Kier alpha value is -1.34. The SMILES string of the molecule is CN=C(NCCCN1CCCN(C)CC1)NC1CCN(C(=O)C(C)C)C1. The van der Waals surface area contributed by atoms with Crippen LogP contribution in [-0.4, -0.2) is 99.1 Å². The first-order valence-corrected chi connectivity index (χ1v) is 10.2. The zero-order chi connectivity index (χ0) is 18.9. The first-order valence-electron chi connectivity index (χ1n) is 10.2. The van der Waals surface area contributed by atoms with Crippen LogP contribution in [0, 0.1) is 5.92 Å². The van der Waals surface area contributed by atoms with Gasteiger partial charge in [-0.25, -0.2) is 0 Å². The lowest BCUT2D eigenvalue weighted by Crippen LogP contribution is -2.46. The van der Waals surface area contributed by atoms with Crippen LogP contribution in [0.4, 0.5) is 0 Å². The second-order valence-electron chi connectivity index (χ2n) is 7.92. The minimum atomic E-state index is 0.0740. The second-order valence-corrected chi connectivity index (χ2v) is 7.92. The predicted molar refractivity (Wildman–Crippen MR) is 107 cm³/mol. The van der Waals surface area contributed by atoms with E-state index in [9.17, 15) is 4.79 Å². The van der Waals surface area contributed by atoms with E-state index in [0.29, 0.717) is 6.04 Å². The molecule has 2 aliphatic rings. The highest BCUT2D eigenvalue weighted by Crippen LogP contribution is 2.12. The number of rotatable bonds is 6. The summed E-state index contributed by atoms with van der Waals surface area (Å²) in [6.45, 7) is 12.4. The van der Waals surface area contributed by atoms with Crippen molar-refractivity contribution < 1.29 is 4.79 Å². The van der Waals surface area contributed by atoms with Crippen LogP contribution in [0.15, 0.2) is 4.99 Å². The summed E-state index contributed by atoms with van der Waals surface area (Å²) in [6, 6.07) is 0.296. The van der Waals surface area contributed by atoms with E-state index in [1.807, 2.05) is 25.8 Å². The fourth-order valence-corrected chi connectivity index (χ4v) is 3.66. The molecular weight excluding hydrogens is 328 g/mol. The number of hydrogen-bond donors (Lipinski definition) is 2. The molecule has 2 rings (SSSR count). The number of hydrogen-bond acceptors (Lipinski definition) is 4. The third-order valence-electron chi connectivity index (χ3n) is 5.31. The predicted octanol–water partition coefficient (Wildman–Crippen LogP) is 0.436. The zero-order valence-corrected chi connectivity index (χ0v) is 17.1. The molecule has 26 heavy (non-hydrogen) atoms. The number of amides is 1. The highest BCUT2D eigenvalue weighted by atomic mass is 16.2. The van der Waals surface area contributed by atoms with Gasteiger partial charge in [0.25, 0.3) is 0 Å². The van der Waals surface area contributed by atoms with Crippen molar-refractivity contribution >= 4 is 11.9 Å². The van der Waals surface area contributed by atoms with E-state index in [1.54, 1.807) is 0 Å². The Bertz CT molecular complexity index is 467. The van der Waals surface area contributed by atoms with Gasteiger partial charge in [-0.05, 0) is 45.9 Å². The van der Waals surface area contributed by atoms with E-state index in [2.05, 4.69) is 32.5 Å². The maximum Gasteiger partial charge on any atom is 0.225 e. The van der Waals surface area contributed by atoms with Gasteiger partial charge in [0.2, 0.25) is 5.91 Å². The lowest BCUT2D eigenvalue weighted by Gasteiger charge is -2.22. The molecule has 2 saturated heterocycles. The van der Waals surface area contributed by atoms with Crippen molar-refractivity contribution in [2.75, 3.05) is 66.5 Å². The molecule has 0 radical (unpaired) electrons. The van der Waals surface area contributed by atoms with Crippen LogP contribution in [0.2, 0.25) is 0 Å². The first-order chi connectivity index (χ1) is 12.5. The van der Waals surface area contributed by atoms with Gasteiger partial charge in [-0.1, -0.05) is 13.8 Å². The van der Waals surface area contributed by atoms with Crippen LogP contribution >= 0.6 is 0 Å². The third kappa shape index (κ3) is 6.76. The Kier molecular flexibility index (Phi) is 8.65. The average molecular weight is 367 g/mol. The number of guanidine groups is 1. The number of carbonyl (C=O) groups is 1. The van der Waals surface area contributed by atoms with Gasteiger partial charge in [0.1, 0.15) is 0 Å². The summed E-state index contributed by atoms with van der Waals surface area (Å²) in [5.74, 6) is 1.18. The summed E-state index contributed by atoms with van der Waals surface area (Å²) in [6.07, 6.45) is 3.37. The monoisotopic (exact) mass is 366 g/mol. The second kappa shape index (κ2) is 10.7. The van der Waals surface area contributed by atoms with E-state index in [1.165, 1.54) is 32.6 Å². The van der Waals surface area contributed by atoms with Crippen molar-refractivity contribution in [3.63, 3.8) is 0 Å². The van der Waals surface area contributed by atoms with Crippen LogP contribution < -0.4 is 10.6 Å². The molecule has 2 N–H and O–H groups in total. The quantitative estimate of drug-likeness (QED) is 0.406. The van der Waals surface area contributed by atoms with E-state index in [0.717, 1.165) is 45.0 Å². The maximum absolute atomic E-state index is 12.1. The fraction of sp³-hybridized carbons (Fsp3) is 0.895. The molecule has 1 atom stereocenters. The number of nitrogens with one attached hydrogen (secondary N) is 2. The normalized spacial score (nSPS) is 23.3. The van der Waals surface area contributed by atoms with Crippen molar-refractivity contribution in [2.45, 2.75) is 39.2 Å². The van der Waals surface area contributed by atoms with E-state index in [-0.39, 0.29) is 11.8 Å². The summed E-state index contributed by atoms with van der Waals surface area (Å²) in [7, 11) is 4.02. The number of nitrogens with zero attached hydrogens (tertiary/aromatic N) is 4. The fourth-order valence-electron chi connectivity index (χ4n) is 3.66. The van der Waals surface area contributed by atoms with Crippen LogP contribution in [0.3, 0.4) is 0 Å². The van der Waals surface area contributed by atoms with E-state index < -0.39 is 0 Å². The highest BCUT2D eigenvalue weighted by Gasteiger charge is 2.27. The number of likely N-dealkylation sites (N-methyl/N-ethyl adjacent to an activating group) is 1. The van der Waals surface area contributed by atoms with Crippen molar-refractivity contribution in [2.24, 2.45) is 10.9 Å². The standard InChI is InChI=1S/C19H38N6O/c1-16(2)18(26)25-12-7-17(15-25)22-19(20-3)21-8-5-10-24-11-6-9-23(4)13-14-24/h16-17H,5-15H2,1-4H3,(H2,20,21,22). The van der Waals surface area contributed by atoms with Crippen molar-refractivity contribution in [3.8, 4) is 0 Å². The Morgan fingerprint density at radius 3 is 2.73 bits per heavy atom. The Balaban J connectivity index is 1.63. The largest absolute Gasteiger partial charge is 0.356 e. The Morgan fingerprint density at radius 2 is 2.00 bits per heavy atom. The third-order valence-corrected chi connectivity index (χ3v) is 5.31. The van der Waals surface area contributed by atoms with E-state index >= 15 is 0 Å². The molecule has 150 valence electrons. The van der Waals surface area contributed by atoms with Crippen LogP contribution in [-0.2, 0) is 4.79 Å². The average Bonchev–Trinajstić information content (AvgIpc) is 2.99. The minimum Gasteiger partial charge on any atom is -0.356 e. The molecule has 0 aromatic carbocycles. The molecule has 0 saturated carbocycles. The van der Waals surface area contributed by atoms with Crippen LogP contribution in [0.1, 0.15) is 33.1 Å². The molecule has 2 fully saturated rings. The molecule has 2 heterocycles. The molecule has 7 heteroatoms. The van der Waals surface area contributed by atoms with Crippen LogP contribution in [0.5, 0.6) is 0 Å². The summed E-state index contributed by atoms with van der Waals surface area (Å²) >= 11 is 0. The van der Waals surface area contributed by atoms with Gasteiger partial charge in [0.15, 0.2) is 5.96 Å². The molecular formula is C19H38N6O. The summed E-state index contributed by atoms with van der Waals surface area (Å²) in [5, 5.41) is 6.89. The van der Waals surface area contributed by atoms with Gasteiger partial charge < -0.3 is 25.3 Å². The highest BCUT2D eigenvalue weighted by molar-refractivity contribution is 5.81. The molecule has 2 aliphatic heterocycles. The van der Waals surface area contributed by atoms with Gasteiger partial charge in [0, 0.05) is 51.7 Å². The summed E-state index contributed by atoms with van der Waals surface area (Å²) in [5.41, 5.74) is 0. The molecule has 1 unspecified atom stereocenters. The molecule has 0 aromatic heterocycles. The topological polar surface area (TPSA) is 63.2 Å². The smallest absolute Gasteiger partial charge is 0.225 e. The van der Waals surface area contributed by atoms with Gasteiger partial charge in [0.05, 0.1) is 0 Å². The summed E-state index contributed by atoms with van der Waals surface area (Å²) in [4.78, 5) is 23.4. The van der Waals surface area contributed by atoms with Crippen molar-refractivity contribution in [1.82, 2.24) is 25.3 Å². The van der Waals surface area contributed by atoms with Gasteiger partial charge in [-0.2, -0.15) is 0 Å².